The Hall–Kier alpha value is -1.94. The minimum Gasteiger partial charge on any atom is -0.438 e. The zero-order chi connectivity index (χ0) is 12.8. The lowest BCUT2D eigenvalue weighted by atomic mass is 10.2. The lowest BCUT2D eigenvalue weighted by molar-refractivity contribution is 0.453. The number of aromatic nitrogens is 2. The summed E-state index contributed by atoms with van der Waals surface area (Å²) in [4.78, 5) is 0. The minimum absolute atomic E-state index is 0.513. The Morgan fingerprint density at radius 2 is 1.83 bits per heavy atom. The maximum absolute atomic E-state index is 5.62. The first-order chi connectivity index (χ1) is 8.81. The Labute approximate surface area is 107 Å². The first-order valence-corrected chi connectivity index (χ1v) is 6.06. The zero-order valence-electron chi connectivity index (χ0n) is 10.7. The van der Waals surface area contributed by atoms with E-state index in [9.17, 15) is 0 Å². The van der Waals surface area contributed by atoms with Crippen molar-refractivity contribution >= 4 is 0 Å². The highest BCUT2D eigenvalue weighted by Crippen LogP contribution is 2.19. The maximum atomic E-state index is 5.62. The molecule has 1 aromatic carbocycles. The average Bonchev–Trinajstić information content (AvgIpc) is 2.42. The molecule has 0 radical (unpaired) electrons. The molecule has 1 aromatic heterocycles. The molecule has 4 heteroatoms. The zero-order valence-corrected chi connectivity index (χ0v) is 10.7. The van der Waals surface area contributed by atoms with Crippen molar-refractivity contribution in [1.29, 1.82) is 0 Å². The molecule has 94 valence electrons. The summed E-state index contributed by atoms with van der Waals surface area (Å²) in [6.07, 6.45) is 1.03. The van der Waals surface area contributed by atoms with E-state index in [4.69, 9.17) is 4.74 Å². The monoisotopic (exact) mass is 243 g/mol. The van der Waals surface area contributed by atoms with Crippen molar-refractivity contribution in [3.8, 4) is 11.6 Å². The highest BCUT2D eigenvalue weighted by atomic mass is 16.5. The van der Waals surface area contributed by atoms with E-state index in [1.54, 1.807) is 0 Å². The number of benzene rings is 1. The van der Waals surface area contributed by atoms with Gasteiger partial charge in [-0.2, -0.15) is 5.10 Å². The first-order valence-electron chi connectivity index (χ1n) is 6.06. The molecule has 0 saturated carbocycles. The summed E-state index contributed by atoms with van der Waals surface area (Å²) < 4.78 is 5.62. The van der Waals surface area contributed by atoms with E-state index in [1.165, 1.54) is 5.56 Å². The highest BCUT2D eigenvalue weighted by molar-refractivity contribution is 5.30. The first kappa shape index (κ1) is 12.5. The maximum Gasteiger partial charge on any atom is 0.238 e. The average molecular weight is 243 g/mol. The molecule has 0 bridgehead atoms. The molecule has 0 unspecified atom stereocenters. The van der Waals surface area contributed by atoms with Gasteiger partial charge in [-0.3, -0.25) is 0 Å². The summed E-state index contributed by atoms with van der Waals surface area (Å²) in [5.74, 6) is 1.29. The van der Waals surface area contributed by atoms with Crippen LogP contribution in [-0.4, -0.2) is 17.2 Å². The van der Waals surface area contributed by atoms with Gasteiger partial charge >= 0.3 is 0 Å². The lowest BCUT2D eigenvalue weighted by Crippen LogP contribution is -2.07. The summed E-state index contributed by atoms with van der Waals surface area (Å²) >= 11 is 0. The molecule has 2 rings (SSSR count). The van der Waals surface area contributed by atoms with Gasteiger partial charge in [-0.25, -0.2) is 0 Å². The van der Waals surface area contributed by atoms with E-state index in [0.29, 0.717) is 12.4 Å². The van der Waals surface area contributed by atoms with Gasteiger partial charge in [0.2, 0.25) is 5.88 Å². The number of nitrogens with one attached hydrogen (secondary N) is 1. The fourth-order valence-corrected chi connectivity index (χ4v) is 1.59. The van der Waals surface area contributed by atoms with Crippen LogP contribution in [0.3, 0.4) is 0 Å². The van der Waals surface area contributed by atoms with Crippen LogP contribution in [0.15, 0.2) is 36.4 Å². The second kappa shape index (κ2) is 6.12. The minimum atomic E-state index is 0.513. The van der Waals surface area contributed by atoms with Gasteiger partial charge in [-0.1, -0.05) is 19.1 Å². The van der Waals surface area contributed by atoms with E-state index in [1.807, 2.05) is 31.3 Å². The van der Waals surface area contributed by atoms with E-state index in [0.717, 1.165) is 17.9 Å². The summed E-state index contributed by atoms with van der Waals surface area (Å²) in [5, 5.41) is 11.1. The quantitative estimate of drug-likeness (QED) is 0.876. The van der Waals surface area contributed by atoms with Crippen LogP contribution in [0, 0.1) is 0 Å². The molecule has 18 heavy (non-hydrogen) atoms. The standard InChI is InChI=1S/C14H17N3O/c1-3-11-4-7-13(8-5-11)18-14-9-6-12(10-15-2)16-17-14/h4-9,15H,3,10H2,1-2H3. The Bertz CT molecular complexity index is 479. The fraction of sp³-hybridized carbons (Fsp3) is 0.286. The highest BCUT2D eigenvalue weighted by Gasteiger charge is 2.00. The molecule has 0 aliphatic heterocycles. The SMILES string of the molecule is CCc1ccc(Oc2ccc(CNC)nn2)cc1. The van der Waals surface area contributed by atoms with Gasteiger partial charge < -0.3 is 10.1 Å². The van der Waals surface area contributed by atoms with Crippen molar-refractivity contribution in [3.63, 3.8) is 0 Å². The number of hydrogen-bond acceptors (Lipinski definition) is 4. The number of nitrogens with zero attached hydrogens (tertiary/aromatic N) is 2. The van der Waals surface area contributed by atoms with Crippen LogP contribution < -0.4 is 10.1 Å². The van der Waals surface area contributed by atoms with Crippen LogP contribution in [0.5, 0.6) is 11.6 Å². The molecule has 0 aliphatic rings. The van der Waals surface area contributed by atoms with Crippen LogP contribution in [-0.2, 0) is 13.0 Å². The predicted molar refractivity (Wildman–Crippen MR) is 70.7 cm³/mol. The number of aryl methyl sites for hydroxylation is 1. The van der Waals surface area contributed by atoms with Gasteiger partial charge in [-0.05, 0) is 37.2 Å². The van der Waals surface area contributed by atoms with Gasteiger partial charge in [0.25, 0.3) is 0 Å². The third-order valence-corrected chi connectivity index (χ3v) is 2.61. The predicted octanol–water partition coefficient (Wildman–Crippen LogP) is 2.55. The Morgan fingerprint density at radius 3 is 2.39 bits per heavy atom. The van der Waals surface area contributed by atoms with Gasteiger partial charge in [0.05, 0.1) is 5.69 Å². The molecule has 0 spiro atoms. The summed E-state index contributed by atoms with van der Waals surface area (Å²) in [6.45, 7) is 2.83. The fourth-order valence-electron chi connectivity index (χ4n) is 1.59. The topological polar surface area (TPSA) is 47.0 Å². The van der Waals surface area contributed by atoms with Crippen molar-refractivity contribution in [2.45, 2.75) is 19.9 Å². The van der Waals surface area contributed by atoms with E-state index < -0.39 is 0 Å². The van der Waals surface area contributed by atoms with Crippen molar-refractivity contribution in [3.05, 3.63) is 47.7 Å². The Balaban J connectivity index is 2.03. The molecule has 0 aliphatic carbocycles. The van der Waals surface area contributed by atoms with Crippen molar-refractivity contribution in [1.82, 2.24) is 15.5 Å². The van der Waals surface area contributed by atoms with Crippen LogP contribution in [0.25, 0.3) is 0 Å². The van der Waals surface area contributed by atoms with Crippen molar-refractivity contribution < 1.29 is 4.74 Å². The second-order valence-electron chi connectivity index (χ2n) is 3.99. The van der Waals surface area contributed by atoms with Crippen LogP contribution in [0.2, 0.25) is 0 Å². The van der Waals surface area contributed by atoms with E-state index in [-0.39, 0.29) is 0 Å². The second-order valence-corrected chi connectivity index (χ2v) is 3.99. The molecule has 0 atom stereocenters. The molecule has 0 saturated heterocycles. The summed E-state index contributed by atoms with van der Waals surface area (Å²) in [7, 11) is 1.88. The number of rotatable bonds is 5. The smallest absolute Gasteiger partial charge is 0.238 e. The third kappa shape index (κ3) is 3.28. The van der Waals surface area contributed by atoms with Crippen LogP contribution >= 0.6 is 0 Å². The van der Waals surface area contributed by atoms with Gasteiger partial charge in [0, 0.05) is 12.6 Å². The van der Waals surface area contributed by atoms with Crippen molar-refractivity contribution in [2.75, 3.05) is 7.05 Å². The van der Waals surface area contributed by atoms with Crippen LogP contribution in [0.4, 0.5) is 0 Å². The normalized spacial score (nSPS) is 10.3. The molecular weight excluding hydrogens is 226 g/mol. The van der Waals surface area contributed by atoms with E-state index >= 15 is 0 Å². The van der Waals surface area contributed by atoms with Crippen molar-refractivity contribution in [2.24, 2.45) is 0 Å². The number of hydrogen-bond donors (Lipinski definition) is 1. The Kier molecular flexibility index (Phi) is 4.25. The molecule has 2 aromatic rings. The molecule has 4 nitrogen and oxygen atoms in total. The molecule has 1 N–H and O–H groups in total. The van der Waals surface area contributed by atoms with Gasteiger partial charge in [-0.15, -0.1) is 5.10 Å². The van der Waals surface area contributed by atoms with Gasteiger partial charge in [0.1, 0.15) is 5.75 Å². The largest absolute Gasteiger partial charge is 0.438 e. The van der Waals surface area contributed by atoms with Gasteiger partial charge in [0.15, 0.2) is 0 Å². The summed E-state index contributed by atoms with van der Waals surface area (Å²) in [6, 6.07) is 11.7. The lowest BCUT2D eigenvalue weighted by Gasteiger charge is -2.05. The molecule has 0 fully saturated rings. The molecule has 0 amide bonds. The van der Waals surface area contributed by atoms with Crippen LogP contribution in [0.1, 0.15) is 18.2 Å². The molecular formula is C14H17N3O. The number of ether oxygens (including phenoxy) is 1. The third-order valence-electron chi connectivity index (χ3n) is 2.61. The summed E-state index contributed by atoms with van der Waals surface area (Å²) in [5.41, 5.74) is 2.18. The Morgan fingerprint density at radius 1 is 1.06 bits per heavy atom. The molecule has 1 heterocycles. The van der Waals surface area contributed by atoms with E-state index in [2.05, 4.69) is 34.6 Å².